The Morgan fingerprint density at radius 1 is 0.731 bits per heavy atom. The minimum atomic E-state index is 0.958. The number of aliphatic imine (C=N–C) groups is 1. The van der Waals surface area contributed by atoms with Crippen molar-refractivity contribution in [2.75, 3.05) is 0 Å². The molecule has 2 heteroatoms. The monoisotopic (exact) mass is 350 g/mol. The van der Waals surface area contributed by atoms with Gasteiger partial charge in [-0.2, -0.15) is 0 Å². The van der Waals surface area contributed by atoms with Gasteiger partial charge in [-0.3, -0.25) is 9.98 Å². The van der Waals surface area contributed by atoms with Gasteiger partial charge in [0.2, 0.25) is 0 Å². The molecule has 2 nitrogen and oxygen atoms in total. The summed E-state index contributed by atoms with van der Waals surface area (Å²) in [6.45, 7) is 16.2. The summed E-state index contributed by atoms with van der Waals surface area (Å²) in [5.41, 5.74) is 5.35. The molecule has 0 N–H and O–H groups in total. The van der Waals surface area contributed by atoms with Crippen LogP contribution in [0.15, 0.2) is 59.6 Å². The molecule has 3 rings (SSSR count). The lowest BCUT2D eigenvalue weighted by atomic mass is 10.0. The summed E-state index contributed by atoms with van der Waals surface area (Å²) >= 11 is 0. The second kappa shape index (κ2) is 13.8. The van der Waals surface area contributed by atoms with Crippen LogP contribution in [-0.2, 0) is 0 Å². The first-order chi connectivity index (χ1) is 12.8. The van der Waals surface area contributed by atoms with E-state index in [1.807, 2.05) is 103 Å². The Labute approximate surface area is 160 Å². The number of hydrogen-bond acceptors (Lipinski definition) is 2. The van der Waals surface area contributed by atoms with Gasteiger partial charge in [-0.15, -0.1) is 0 Å². The van der Waals surface area contributed by atoms with Gasteiger partial charge in [0.25, 0.3) is 0 Å². The number of pyridine rings is 1. The van der Waals surface area contributed by atoms with Crippen LogP contribution in [0.1, 0.15) is 58.4 Å². The Balaban J connectivity index is 0.000000948. The van der Waals surface area contributed by atoms with E-state index >= 15 is 0 Å². The summed E-state index contributed by atoms with van der Waals surface area (Å²) < 4.78 is 0. The van der Waals surface area contributed by atoms with Crippen molar-refractivity contribution in [2.24, 2.45) is 4.99 Å². The summed E-state index contributed by atoms with van der Waals surface area (Å²) in [6, 6.07) is 18.2. The van der Waals surface area contributed by atoms with Crippen molar-refractivity contribution in [3.63, 3.8) is 0 Å². The molecule has 0 aliphatic heterocycles. The van der Waals surface area contributed by atoms with Gasteiger partial charge in [0.1, 0.15) is 0 Å². The first-order valence-electron chi connectivity index (χ1n) is 9.71. The van der Waals surface area contributed by atoms with Gasteiger partial charge in [0, 0.05) is 22.9 Å². The molecule has 0 radical (unpaired) electrons. The number of hydrogen-bond donors (Lipinski definition) is 0. The van der Waals surface area contributed by atoms with Gasteiger partial charge in [0.05, 0.1) is 11.2 Å². The Hall–Kier alpha value is -2.48. The van der Waals surface area contributed by atoms with E-state index in [9.17, 15) is 0 Å². The van der Waals surface area contributed by atoms with Gasteiger partial charge < -0.3 is 0 Å². The van der Waals surface area contributed by atoms with Gasteiger partial charge in [-0.1, -0.05) is 77.9 Å². The molecule has 0 bridgehead atoms. The molecule has 0 spiro atoms. The lowest BCUT2D eigenvalue weighted by Gasteiger charge is -2.08. The third-order valence-corrected chi connectivity index (χ3v) is 3.49. The van der Waals surface area contributed by atoms with E-state index in [0.29, 0.717) is 0 Å². The smallest absolute Gasteiger partial charge is 0.0708 e. The van der Waals surface area contributed by atoms with Gasteiger partial charge in [-0.25, -0.2) is 0 Å². The standard InChI is InChI=1S/C18H16N2.3C2H6/c1-13-16-10-6-7-11-18(16)20-14(2)17(13)12-19-15-8-4-3-5-9-15;3*1-2/h3-12H,1-2H3;3*1-2H3. The van der Waals surface area contributed by atoms with Crippen LogP contribution < -0.4 is 0 Å². The highest BCUT2D eigenvalue weighted by atomic mass is 14.7. The average molecular weight is 351 g/mol. The van der Waals surface area contributed by atoms with Crippen LogP contribution in [0.2, 0.25) is 0 Å². The molecule has 1 aromatic heterocycles. The molecule has 140 valence electrons. The molecule has 0 atom stereocenters. The van der Waals surface area contributed by atoms with Crippen LogP contribution in [0.5, 0.6) is 0 Å². The minimum absolute atomic E-state index is 0.958. The van der Waals surface area contributed by atoms with Crippen LogP contribution in [0.3, 0.4) is 0 Å². The maximum Gasteiger partial charge on any atom is 0.0708 e. The second-order valence-electron chi connectivity index (χ2n) is 4.85. The highest BCUT2D eigenvalue weighted by molar-refractivity contribution is 5.93. The zero-order valence-electron chi connectivity index (χ0n) is 17.7. The summed E-state index contributed by atoms with van der Waals surface area (Å²) in [4.78, 5) is 9.20. The summed E-state index contributed by atoms with van der Waals surface area (Å²) in [6.07, 6.45) is 1.92. The molecule has 0 saturated heterocycles. The minimum Gasteiger partial charge on any atom is -0.256 e. The molecule has 0 aliphatic carbocycles. The predicted molar refractivity (Wildman–Crippen MR) is 119 cm³/mol. The van der Waals surface area contributed by atoms with E-state index in [1.165, 1.54) is 10.9 Å². The van der Waals surface area contributed by atoms with Gasteiger partial charge in [-0.05, 0) is 37.6 Å². The highest BCUT2D eigenvalue weighted by Crippen LogP contribution is 2.22. The SMILES string of the molecule is CC.CC.CC.Cc1nc2ccccc2c(C)c1C=Nc1ccccc1. The third-order valence-electron chi connectivity index (χ3n) is 3.49. The molecule has 3 aromatic rings. The van der Waals surface area contributed by atoms with Crippen molar-refractivity contribution in [1.82, 2.24) is 4.98 Å². The molecule has 26 heavy (non-hydrogen) atoms. The van der Waals surface area contributed by atoms with Crippen LogP contribution in [0.25, 0.3) is 10.9 Å². The summed E-state index contributed by atoms with van der Waals surface area (Å²) in [5, 5.41) is 1.19. The third kappa shape index (κ3) is 6.44. The molecule has 1 heterocycles. The second-order valence-corrected chi connectivity index (χ2v) is 4.85. The summed E-state index contributed by atoms with van der Waals surface area (Å²) in [5.74, 6) is 0. The largest absolute Gasteiger partial charge is 0.256 e. The Bertz CT molecular complexity index is 775. The van der Waals surface area contributed by atoms with Crippen molar-refractivity contribution < 1.29 is 0 Å². The molecular weight excluding hydrogens is 316 g/mol. The van der Waals surface area contributed by atoms with Gasteiger partial charge >= 0.3 is 0 Å². The van der Waals surface area contributed by atoms with E-state index in [-0.39, 0.29) is 0 Å². The maximum atomic E-state index is 4.66. The molecule has 0 fully saturated rings. The van der Waals surface area contributed by atoms with Crippen LogP contribution >= 0.6 is 0 Å². The van der Waals surface area contributed by atoms with Crippen LogP contribution in [0.4, 0.5) is 5.69 Å². The number of rotatable bonds is 2. The van der Waals surface area contributed by atoms with Crippen LogP contribution in [-0.4, -0.2) is 11.2 Å². The molecule has 0 saturated carbocycles. The van der Waals surface area contributed by atoms with Crippen molar-refractivity contribution in [1.29, 1.82) is 0 Å². The molecule has 2 aromatic carbocycles. The van der Waals surface area contributed by atoms with Crippen molar-refractivity contribution in [3.05, 3.63) is 71.4 Å². The topological polar surface area (TPSA) is 25.2 Å². The zero-order chi connectivity index (χ0) is 19.9. The quantitative estimate of drug-likeness (QED) is 0.435. The normalized spacial score (nSPS) is 9.38. The number of nitrogens with zero attached hydrogens (tertiary/aromatic N) is 2. The summed E-state index contributed by atoms with van der Waals surface area (Å²) in [7, 11) is 0. The molecule has 0 amide bonds. The highest BCUT2D eigenvalue weighted by Gasteiger charge is 2.06. The first kappa shape index (κ1) is 23.5. The van der Waals surface area contributed by atoms with Gasteiger partial charge in [0.15, 0.2) is 0 Å². The molecule has 0 unspecified atom stereocenters. The Morgan fingerprint density at radius 3 is 1.88 bits per heavy atom. The first-order valence-corrected chi connectivity index (χ1v) is 9.71. The fourth-order valence-corrected chi connectivity index (χ4v) is 2.39. The van der Waals surface area contributed by atoms with Crippen LogP contribution in [0, 0.1) is 13.8 Å². The Kier molecular flexibility index (Phi) is 12.5. The lowest BCUT2D eigenvalue weighted by molar-refractivity contribution is 1.22. The number of aromatic nitrogens is 1. The van der Waals surface area contributed by atoms with E-state index in [2.05, 4.69) is 23.0 Å². The zero-order valence-corrected chi connectivity index (χ0v) is 17.7. The fourth-order valence-electron chi connectivity index (χ4n) is 2.39. The van der Waals surface area contributed by atoms with Crippen molar-refractivity contribution >= 4 is 22.8 Å². The van der Waals surface area contributed by atoms with E-state index < -0.39 is 0 Å². The fraction of sp³-hybridized carbons (Fsp3) is 0.333. The van der Waals surface area contributed by atoms with E-state index in [4.69, 9.17) is 0 Å². The number of para-hydroxylation sites is 2. The van der Waals surface area contributed by atoms with E-state index in [0.717, 1.165) is 22.5 Å². The number of fused-ring (bicyclic) bond motifs is 1. The lowest BCUT2D eigenvalue weighted by Crippen LogP contribution is -1.97. The predicted octanol–water partition coefficient (Wildman–Crippen LogP) is 7.68. The average Bonchev–Trinajstić information content (AvgIpc) is 2.73. The van der Waals surface area contributed by atoms with Crippen molar-refractivity contribution in [3.8, 4) is 0 Å². The maximum absolute atomic E-state index is 4.66. The molecule has 0 aliphatic rings. The Morgan fingerprint density at radius 2 is 1.27 bits per heavy atom. The van der Waals surface area contributed by atoms with Crippen molar-refractivity contribution in [2.45, 2.75) is 55.4 Å². The number of benzene rings is 2. The number of aryl methyl sites for hydroxylation is 2. The molecular formula is C24H34N2. The van der Waals surface area contributed by atoms with E-state index in [1.54, 1.807) is 0 Å².